The summed E-state index contributed by atoms with van der Waals surface area (Å²) in [5, 5.41) is 0. The summed E-state index contributed by atoms with van der Waals surface area (Å²) in [7, 11) is 0. The molecule has 0 saturated heterocycles. The van der Waals surface area contributed by atoms with E-state index in [0.717, 1.165) is 32.2 Å². The van der Waals surface area contributed by atoms with Gasteiger partial charge in [0.05, 0.1) is 0 Å². The molecule has 4 heteroatoms. The number of hydrogen-bond donors (Lipinski definition) is 0. The van der Waals surface area contributed by atoms with Crippen LogP contribution in [-0.4, -0.2) is 46.3 Å². The fourth-order valence-corrected chi connectivity index (χ4v) is 6.19. The molecular formula is C29H54N2O2. The van der Waals surface area contributed by atoms with Crippen LogP contribution in [0.25, 0.3) is 0 Å². The average Bonchev–Trinajstić information content (AvgIpc) is 2.82. The first-order valence-electron chi connectivity index (χ1n) is 14.6. The maximum Gasteiger partial charge on any atom is 0.223 e. The zero-order valence-corrected chi connectivity index (χ0v) is 22.3. The zero-order valence-electron chi connectivity index (χ0n) is 22.3. The molecule has 0 aromatic rings. The van der Waals surface area contributed by atoms with Crippen LogP contribution in [-0.2, 0) is 9.59 Å². The second-order valence-electron chi connectivity index (χ2n) is 11.0. The van der Waals surface area contributed by atoms with Crippen molar-refractivity contribution in [1.82, 2.24) is 9.80 Å². The quantitative estimate of drug-likeness (QED) is 0.235. The van der Waals surface area contributed by atoms with Crippen molar-refractivity contribution in [2.45, 2.75) is 167 Å². The standard InChI is InChI=1S/C29H54N2O2/c1-4-30(26-19-13-11-14-20-26)28(32)23-17-9-7-5-6-8-10-18-24-29(33)31(25(2)3)27-21-15-12-16-22-27/h25-27H,4-24H2,1-3H3. The maximum absolute atomic E-state index is 12.8. The highest BCUT2D eigenvalue weighted by molar-refractivity contribution is 5.77. The zero-order chi connectivity index (χ0) is 23.9. The van der Waals surface area contributed by atoms with E-state index in [4.69, 9.17) is 0 Å². The van der Waals surface area contributed by atoms with Gasteiger partial charge in [0.25, 0.3) is 0 Å². The molecule has 4 nitrogen and oxygen atoms in total. The Morgan fingerprint density at radius 2 is 1.06 bits per heavy atom. The molecular weight excluding hydrogens is 408 g/mol. The molecule has 33 heavy (non-hydrogen) atoms. The number of carbonyl (C=O) groups is 2. The second kappa shape index (κ2) is 16.5. The van der Waals surface area contributed by atoms with Crippen molar-refractivity contribution < 1.29 is 9.59 Å². The molecule has 0 heterocycles. The molecule has 2 rings (SSSR count). The molecule has 2 aliphatic carbocycles. The topological polar surface area (TPSA) is 40.6 Å². The third kappa shape index (κ3) is 10.4. The van der Waals surface area contributed by atoms with E-state index < -0.39 is 0 Å². The minimum absolute atomic E-state index is 0.333. The molecule has 0 N–H and O–H groups in total. The lowest BCUT2D eigenvalue weighted by Gasteiger charge is -2.37. The second-order valence-corrected chi connectivity index (χ2v) is 11.0. The van der Waals surface area contributed by atoms with Gasteiger partial charge in [-0.1, -0.05) is 77.0 Å². The first-order valence-corrected chi connectivity index (χ1v) is 14.6. The van der Waals surface area contributed by atoms with Gasteiger partial charge in [-0.2, -0.15) is 0 Å². The van der Waals surface area contributed by atoms with Crippen LogP contribution in [0.3, 0.4) is 0 Å². The van der Waals surface area contributed by atoms with Crippen molar-refractivity contribution in [3.05, 3.63) is 0 Å². The Labute approximate surface area is 205 Å². The van der Waals surface area contributed by atoms with E-state index in [1.165, 1.54) is 103 Å². The molecule has 0 aromatic carbocycles. The van der Waals surface area contributed by atoms with Gasteiger partial charge < -0.3 is 9.80 Å². The Morgan fingerprint density at radius 1 is 0.636 bits per heavy atom. The molecule has 2 saturated carbocycles. The van der Waals surface area contributed by atoms with Crippen LogP contribution < -0.4 is 0 Å². The molecule has 0 aliphatic heterocycles. The van der Waals surface area contributed by atoms with Crippen LogP contribution in [0.2, 0.25) is 0 Å². The van der Waals surface area contributed by atoms with Crippen LogP contribution in [0, 0.1) is 0 Å². The van der Waals surface area contributed by atoms with Crippen LogP contribution >= 0.6 is 0 Å². The Morgan fingerprint density at radius 3 is 1.52 bits per heavy atom. The van der Waals surface area contributed by atoms with E-state index in [-0.39, 0.29) is 0 Å². The lowest BCUT2D eigenvalue weighted by atomic mass is 9.93. The van der Waals surface area contributed by atoms with Crippen LogP contribution in [0.4, 0.5) is 0 Å². The van der Waals surface area contributed by atoms with Crippen molar-refractivity contribution in [2.24, 2.45) is 0 Å². The van der Waals surface area contributed by atoms with Gasteiger partial charge in [0.2, 0.25) is 11.8 Å². The van der Waals surface area contributed by atoms with Crippen molar-refractivity contribution in [1.29, 1.82) is 0 Å². The van der Waals surface area contributed by atoms with E-state index >= 15 is 0 Å². The van der Waals surface area contributed by atoms with Crippen LogP contribution in [0.1, 0.15) is 149 Å². The van der Waals surface area contributed by atoms with E-state index in [1.807, 2.05) is 0 Å². The SMILES string of the molecule is CCN(C(=O)CCCCCCCCCCC(=O)N(C(C)C)C1CCCCC1)C1CCCCC1. The fraction of sp³-hybridized carbons (Fsp3) is 0.931. The molecule has 0 spiro atoms. The summed E-state index contributed by atoms with van der Waals surface area (Å²) in [5.74, 6) is 0.772. The van der Waals surface area contributed by atoms with Gasteiger partial charge in [-0.25, -0.2) is 0 Å². The minimum atomic E-state index is 0.333. The molecule has 0 aromatic heterocycles. The van der Waals surface area contributed by atoms with Crippen molar-refractivity contribution in [2.75, 3.05) is 6.54 Å². The van der Waals surface area contributed by atoms with Gasteiger partial charge >= 0.3 is 0 Å². The lowest BCUT2D eigenvalue weighted by Crippen LogP contribution is -2.45. The predicted molar refractivity (Wildman–Crippen MR) is 139 cm³/mol. The van der Waals surface area contributed by atoms with Crippen molar-refractivity contribution in [3.63, 3.8) is 0 Å². The highest BCUT2D eigenvalue weighted by Crippen LogP contribution is 2.26. The van der Waals surface area contributed by atoms with E-state index in [9.17, 15) is 9.59 Å². The summed E-state index contributed by atoms with van der Waals surface area (Å²) >= 11 is 0. The van der Waals surface area contributed by atoms with Crippen molar-refractivity contribution >= 4 is 11.8 Å². The monoisotopic (exact) mass is 462 g/mol. The molecule has 2 aliphatic rings. The molecule has 0 bridgehead atoms. The lowest BCUT2D eigenvalue weighted by molar-refractivity contribution is -0.136. The van der Waals surface area contributed by atoms with Gasteiger partial charge in [-0.15, -0.1) is 0 Å². The highest BCUT2D eigenvalue weighted by Gasteiger charge is 2.27. The summed E-state index contributed by atoms with van der Waals surface area (Å²) in [5.41, 5.74) is 0. The number of amides is 2. The fourth-order valence-electron chi connectivity index (χ4n) is 6.19. The summed E-state index contributed by atoms with van der Waals surface area (Å²) in [4.78, 5) is 29.8. The molecule has 2 amide bonds. The first-order chi connectivity index (χ1) is 16.0. The normalized spacial score (nSPS) is 17.9. The molecule has 0 unspecified atom stereocenters. The Balaban J connectivity index is 1.47. The first kappa shape index (κ1) is 28.2. The molecule has 2 fully saturated rings. The predicted octanol–water partition coefficient (Wildman–Crippen LogP) is 7.64. The summed E-state index contributed by atoms with van der Waals surface area (Å²) < 4.78 is 0. The van der Waals surface area contributed by atoms with Crippen LogP contribution in [0.15, 0.2) is 0 Å². The van der Waals surface area contributed by atoms with Crippen molar-refractivity contribution in [3.8, 4) is 0 Å². The summed E-state index contributed by atoms with van der Waals surface area (Å²) in [6.45, 7) is 7.36. The number of unbranched alkanes of at least 4 members (excludes halogenated alkanes) is 7. The van der Waals surface area contributed by atoms with E-state index in [0.29, 0.717) is 29.9 Å². The Kier molecular flexibility index (Phi) is 14.1. The van der Waals surface area contributed by atoms with E-state index in [2.05, 4.69) is 30.6 Å². The van der Waals surface area contributed by atoms with Gasteiger partial charge in [-0.3, -0.25) is 9.59 Å². The summed E-state index contributed by atoms with van der Waals surface area (Å²) in [6, 6.07) is 1.34. The number of hydrogen-bond acceptors (Lipinski definition) is 2. The molecule has 192 valence electrons. The number of nitrogens with zero attached hydrogens (tertiary/aromatic N) is 2. The van der Waals surface area contributed by atoms with Gasteiger partial charge in [0.1, 0.15) is 0 Å². The molecule has 0 radical (unpaired) electrons. The number of carbonyl (C=O) groups excluding carboxylic acids is 2. The smallest absolute Gasteiger partial charge is 0.223 e. The Hall–Kier alpha value is -1.06. The minimum Gasteiger partial charge on any atom is -0.340 e. The summed E-state index contributed by atoms with van der Waals surface area (Å²) in [6.07, 6.45) is 23.6. The number of rotatable bonds is 15. The Bertz CT molecular complexity index is 536. The molecule has 0 atom stereocenters. The maximum atomic E-state index is 12.8. The van der Waals surface area contributed by atoms with Crippen LogP contribution in [0.5, 0.6) is 0 Å². The van der Waals surface area contributed by atoms with E-state index in [1.54, 1.807) is 0 Å². The third-order valence-corrected chi connectivity index (χ3v) is 8.02. The third-order valence-electron chi connectivity index (χ3n) is 8.02. The average molecular weight is 463 g/mol. The largest absolute Gasteiger partial charge is 0.340 e. The van der Waals surface area contributed by atoms with Gasteiger partial charge in [0.15, 0.2) is 0 Å². The van der Waals surface area contributed by atoms with Gasteiger partial charge in [-0.05, 0) is 59.3 Å². The highest BCUT2D eigenvalue weighted by atomic mass is 16.2. The van der Waals surface area contributed by atoms with Gasteiger partial charge in [0, 0.05) is 37.5 Å².